The first kappa shape index (κ1) is 15.6. The third-order valence-corrected chi connectivity index (χ3v) is 10.1. The average Bonchev–Trinajstić information content (AvgIpc) is 2.95. The number of hydrogen-bond donors (Lipinski definition) is 2. The lowest BCUT2D eigenvalue weighted by molar-refractivity contribution is -0.121. The second kappa shape index (κ2) is 4.96. The van der Waals surface area contributed by atoms with Crippen LogP contribution in [0, 0.1) is 34.5 Å². The molecule has 10 atom stereocenters. The summed E-state index contributed by atoms with van der Waals surface area (Å²) in [6.07, 6.45) is 7.63. The van der Waals surface area contributed by atoms with Gasteiger partial charge in [0.2, 0.25) is 0 Å². The fourth-order valence-corrected chi connectivity index (χ4v) is 8.98. The van der Waals surface area contributed by atoms with Crippen LogP contribution in [0.15, 0.2) is 0 Å². The third-order valence-electron chi connectivity index (χ3n) is 8.86. The summed E-state index contributed by atoms with van der Waals surface area (Å²) in [5.74, 6) is 2.63. The molecule has 2 unspecified atom stereocenters. The van der Waals surface area contributed by atoms with Gasteiger partial charge in [-0.25, -0.2) is 0 Å². The Hall–Kier alpha value is 0.360. The zero-order chi connectivity index (χ0) is 16.0. The Bertz CT molecular complexity index is 513. The number of rotatable bonds is 0. The van der Waals surface area contributed by atoms with Gasteiger partial charge in [-0.2, -0.15) is 0 Å². The molecule has 3 nitrogen and oxygen atoms in total. The van der Waals surface area contributed by atoms with Crippen LogP contribution < -0.4 is 0 Å². The van der Waals surface area contributed by atoms with E-state index in [2.05, 4.69) is 22.9 Å². The van der Waals surface area contributed by atoms with Crippen molar-refractivity contribution in [2.45, 2.75) is 75.0 Å². The molecule has 0 aromatic carbocycles. The summed E-state index contributed by atoms with van der Waals surface area (Å²) in [4.78, 5) is 0.386. The van der Waals surface area contributed by atoms with Crippen LogP contribution in [-0.4, -0.2) is 40.0 Å². The van der Waals surface area contributed by atoms with Gasteiger partial charge in [-0.1, -0.05) is 22.9 Å². The SMILES string of the molecule is C[C@]12CC[C@H]3[C@@H](C[C@H]4OC[C@@]35C(Br)C[C@H](O)CC45)[C@@H]1CC[C@@H]2O. The molecule has 1 saturated heterocycles. The highest BCUT2D eigenvalue weighted by Gasteiger charge is 2.68. The van der Waals surface area contributed by atoms with Crippen molar-refractivity contribution in [3.63, 3.8) is 0 Å². The zero-order valence-corrected chi connectivity index (χ0v) is 15.5. The largest absolute Gasteiger partial charge is 0.393 e. The minimum Gasteiger partial charge on any atom is -0.393 e. The first-order chi connectivity index (χ1) is 11.0. The van der Waals surface area contributed by atoms with Crippen LogP contribution in [-0.2, 0) is 4.74 Å². The molecule has 5 aliphatic rings. The highest BCUT2D eigenvalue weighted by atomic mass is 79.9. The van der Waals surface area contributed by atoms with Crippen molar-refractivity contribution in [3.8, 4) is 0 Å². The normalized spacial score (nSPS) is 64.2. The smallest absolute Gasteiger partial charge is 0.0614 e. The average molecular weight is 385 g/mol. The molecule has 1 heterocycles. The molecular weight excluding hydrogens is 356 g/mol. The van der Waals surface area contributed by atoms with Gasteiger partial charge in [-0.15, -0.1) is 0 Å². The predicted octanol–water partition coefficient (Wildman–Crippen LogP) is 3.11. The van der Waals surface area contributed by atoms with E-state index in [1.807, 2.05) is 0 Å². The van der Waals surface area contributed by atoms with E-state index in [0.717, 1.165) is 32.3 Å². The van der Waals surface area contributed by atoms with E-state index in [-0.39, 0.29) is 23.0 Å². The van der Waals surface area contributed by atoms with Gasteiger partial charge in [0.15, 0.2) is 0 Å². The number of fused-ring (bicyclic) bond motifs is 3. The van der Waals surface area contributed by atoms with Gasteiger partial charge in [0, 0.05) is 10.2 Å². The highest BCUT2D eigenvalue weighted by Crippen LogP contribution is 2.69. The minimum absolute atomic E-state index is 0.102. The van der Waals surface area contributed by atoms with E-state index in [1.165, 1.54) is 19.3 Å². The minimum atomic E-state index is -0.166. The summed E-state index contributed by atoms with van der Waals surface area (Å²) in [7, 11) is 0. The van der Waals surface area contributed by atoms with E-state index in [0.29, 0.717) is 34.6 Å². The molecular formula is C19H29BrO3. The van der Waals surface area contributed by atoms with Crippen molar-refractivity contribution in [1.82, 2.24) is 0 Å². The molecule has 5 fully saturated rings. The molecule has 0 radical (unpaired) electrons. The first-order valence-corrected chi connectivity index (χ1v) is 10.5. The maximum atomic E-state index is 10.6. The van der Waals surface area contributed by atoms with E-state index in [4.69, 9.17) is 4.74 Å². The number of aliphatic hydroxyl groups excluding tert-OH is 2. The number of halogens is 1. The predicted molar refractivity (Wildman–Crippen MR) is 91.3 cm³/mol. The van der Waals surface area contributed by atoms with Crippen molar-refractivity contribution >= 4 is 15.9 Å². The Morgan fingerprint density at radius 2 is 1.83 bits per heavy atom. The van der Waals surface area contributed by atoms with Gasteiger partial charge in [-0.05, 0) is 74.0 Å². The van der Waals surface area contributed by atoms with Gasteiger partial charge >= 0.3 is 0 Å². The van der Waals surface area contributed by atoms with E-state index < -0.39 is 0 Å². The lowest BCUT2D eigenvalue weighted by atomic mass is 9.45. The number of alkyl halides is 1. The number of ether oxygens (including phenoxy) is 1. The van der Waals surface area contributed by atoms with Crippen molar-refractivity contribution in [2.75, 3.05) is 6.61 Å². The Balaban J connectivity index is 1.54. The fraction of sp³-hybridized carbons (Fsp3) is 1.00. The van der Waals surface area contributed by atoms with Crippen LogP contribution >= 0.6 is 15.9 Å². The second-order valence-corrected chi connectivity index (χ2v) is 10.5. The zero-order valence-electron chi connectivity index (χ0n) is 14.0. The van der Waals surface area contributed by atoms with Crippen LogP contribution in [0.3, 0.4) is 0 Å². The lowest BCUT2D eigenvalue weighted by Gasteiger charge is -2.60. The standard InChI is InChI=1S/C19H29BrO3/c1-18-5-4-13-11(12(18)2-3-17(18)22)8-15-14-6-10(21)7-16(20)19(13,14)9-23-15/h10-17,21-22H,2-9H2,1H3/t10-,11+,12+,13+,14?,15-,16?,17+,18+,19-/m1/s1. The topological polar surface area (TPSA) is 49.7 Å². The van der Waals surface area contributed by atoms with Crippen molar-refractivity contribution in [2.24, 2.45) is 34.5 Å². The Morgan fingerprint density at radius 3 is 2.65 bits per heavy atom. The van der Waals surface area contributed by atoms with Gasteiger partial charge in [-0.3, -0.25) is 0 Å². The highest BCUT2D eigenvalue weighted by molar-refractivity contribution is 9.09. The van der Waals surface area contributed by atoms with Gasteiger partial charge < -0.3 is 14.9 Å². The van der Waals surface area contributed by atoms with Gasteiger partial charge in [0.25, 0.3) is 0 Å². The molecule has 0 aromatic heterocycles. The Morgan fingerprint density at radius 1 is 1.00 bits per heavy atom. The molecule has 0 spiro atoms. The molecule has 130 valence electrons. The molecule has 5 rings (SSSR count). The summed E-state index contributed by atoms with van der Waals surface area (Å²) in [6, 6.07) is 0. The summed E-state index contributed by atoms with van der Waals surface area (Å²) < 4.78 is 6.33. The van der Waals surface area contributed by atoms with Crippen molar-refractivity contribution in [1.29, 1.82) is 0 Å². The monoisotopic (exact) mass is 384 g/mol. The van der Waals surface area contributed by atoms with Crippen LogP contribution in [0.25, 0.3) is 0 Å². The van der Waals surface area contributed by atoms with Gasteiger partial charge in [0.05, 0.1) is 24.9 Å². The van der Waals surface area contributed by atoms with Crippen LogP contribution in [0.5, 0.6) is 0 Å². The first-order valence-electron chi connectivity index (χ1n) is 9.58. The van der Waals surface area contributed by atoms with Crippen molar-refractivity contribution in [3.05, 3.63) is 0 Å². The molecule has 4 aliphatic carbocycles. The Kier molecular flexibility index (Phi) is 3.36. The van der Waals surface area contributed by atoms with E-state index in [9.17, 15) is 10.2 Å². The molecule has 1 aliphatic heterocycles. The maximum absolute atomic E-state index is 10.6. The summed E-state index contributed by atoms with van der Waals surface area (Å²) in [5, 5.41) is 20.8. The molecule has 0 aromatic rings. The summed E-state index contributed by atoms with van der Waals surface area (Å²) >= 11 is 3.98. The fourth-order valence-electron chi connectivity index (χ4n) is 7.73. The molecule has 2 N–H and O–H groups in total. The summed E-state index contributed by atoms with van der Waals surface area (Å²) in [6.45, 7) is 3.23. The molecule has 4 saturated carbocycles. The maximum Gasteiger partial charge on any atom is 0.0614 e. The third kappa shape index (κ3) is 1.82. The lowest BCUT2D eigenvalue weighted by Crippen LogP contribution is -2.60. The van der Waals surface area contributed by atoms with Gasteiger partial charge in [0.1, 0.15) is 0 Å². The van der Waals surface area contributed by atoms with Crippen molar-refractivity contribution < 1.29 is 14.9 Å². The Labute approximate surface area is 147 Å². The summed E-state index contributed by atoms with van der Waals surface area (Å²) in [5.41, 5.74) is 0.377. The molecule has 2 bridgehead atoms. The number of hydrogen-bond acceptors (Lipinski definition) is 3. The van der Waals surface area contributed by atoms with E-state index in [1.54, 1.807) is 0 Å². The van der Waals surface area contributed by atoms with Crippen LogP contribution in [0.2, 0.25) is 0 Å². The molecule has 4 heteroatoms. The van der Waals surface area contributed by atoms with Crippen LogP contribution in [0.4, 0.5) is 0 Å². The second-order valence-electron chi connectivity index (χ2n) is 9.41. The molecule has 23 heavy (non-hydrogen) atoms. The van der Waals surface area contributed by atoms with E-state index >= 15 is 0 Å². The molecule has 0 amide bonds. The van der Waals surface area contributed by atoms with Crippen LogP contribution in [0.1, 0.15) is 51.9 Å². The quantitative estimate of drug-likeness (QED) is 0.630. The number of aliphatic hydroxyl groups is 2.